The van der Waals surface area contributed by atoms with Crippen LogP contribution >= 0.6 is 0 Å². The fraction of sp³-hybridized carbons (Fsp3) is 0.735. The van der Waals surface area contributed by atoms with Gasteiger partial charge in [0.05, 0.1) is 44.7 Å². The van der Waals surface area contributed by atoms with Crippen LogP contribution in [-0.2, 0) is 23.7 Å². The second-order valence-electron chi connectivity index (χ2n) is 13.9. The molecule has 1 saturated heterocycles. The van der Waals surface area contributed by atoms with Gasteiger partial charge in [-0.3, -0.25) is 4.90 Å². The highest BCUT2D eigenvalue weighted by Gasteiger charge is 2.85. The summed E-state index contributed by atoms with van der Waals surface area (Å²) in [6, 6.07) is 4.96. The predicted octanol–water partition coefficient (Wildman–Crippen LogP) is 1.93. The van der Waals surface area contributed by atoms with E-state index in [1.165, 1.54) is 14.2 Å². The minimum absolute atomic E-state index is 0.0486. The van der Waals surface area contributed by atoms with E-state index in [0.29, 0.717) is 43.1 Å². The van der Waals surface area contributed by atoms with Gasteiger partial charge in [0.2, 0.25) is 0 Å². The summed E-state index contributed by atoms with van der Waals surface area (Å²) in [7, 11) is 9.83. The molecule has 0 unspecified atom stereocenters. The van der Waals surface area contributed by atoms with Gasteiger partial charge >= 0.3 is 5.97 Å². The largest absolute Gasteiger partial charge is 0.493 e. The van der Waals surface area contributed by atoms with E-state index in [9.17, 15) is 15.0 Å². The van der Waals surface area contributed by atoms with Gasteiger partial charge in [0.1, 0.15) is 17.8 Å². The lowest BCUT2D eigenvalue weighted by atomic mass is 9.43. The summed E-state index contributed by atoms with van der Waals surface area (Å²) in [5.41, 5.74) is -1.17. The van der Waals surface area contributed by atoms with Crippen LogP contribution < -0.4 is 9.47 Å². The number of aliphatic hydroxyl groups excluding tert-OH is 1. The third kappa shape index (κ3) is 3.74. The standard InChI is InChI=1S/C34H47NO10/c1-8-35-15-32(16-39-2)22(36)13-24(43-6)34-19-14-33(38)23(42-5)12-18(26(29(34)35)27(44-7)28(32)34)25(19)30(33)45-31(37)17-9-10-20(40-3)21(11-17)41-4/h9-12,19,22-30,36,38H,8,13-16H2,1-7H3/t19-,22-,23+,24+,25-,26+,27+,28-,29-,30-,32+,33+,34+/m1/s1. The zero-order valence-corrected chi connectivity index (χ0v) is 27.2. The first-order valence-corrected chi connectivity index (χ1v) is 16.0. The normalized spacial score (nSPS) is 45.7. The number of benzene rings is 1. The van der Waals surface area contributed by atoms with Crippen LogP contribution in [0.1, 0.15) is 30.1 Å². The van der Waals surface area contributed by atoms with Crippen molar-refractivity contribution in [1.82, 2.24) is 4.90 Å². The van der Waals surface area contributed by atoms with Crippen LogP contribution in [0.3, 0.4) is 0 Å². The minimum atomic E-state index is -1.47. The molecule has 4 saturated carbocycles. The Balaban J connectivity index is 1.39. The van der Waals surface area contributed by atoms with Crippen LogP contribution in [0.4, 0.5) is 0 Å². The van der Waals surface area contributed by atoms with E-state index >= 15 is 0 Å². The van der Waals surface area contributed by atoms with E-state index < -0.39 is 40.7 Å². The Morgan fingerprint density at radius 3 is 2.40 bits per heavy atom. The Hall–Kier alpha value is -2.25. The molecular weight excluding hydrogens is 582 g/mol. The van der Waals surface area contributed by atoms with Crippen LogP contribution in [-0.4, -0.2) is 126 Å². The van der Waals surface area contributed by atoms with Gasteiger partial charge in [-0.1, -0.05) is 18.6 Å². The average Bonchev–Trinajstić information content (AvgIpc) is 3.39. The summed E-state index contributed by atoms with van der Waals surface area (Å²) in [5.74, 6) is -0.235. The molecule has 5 fully saturated rings. The molecule has 45 heavy (non-hydrogen) atoms. The third-order valence-corrected chi connectivity index (χ3v) is 12.8. The number of esters is 1. The smallest absolute Gasteiger partial charge is 0.338 e. The summed E-state index contributed by atoms with van der Waals surface area (Å²) in [6.45, 7) is 4.00. The second kappa shape index (κ2) is 10.9. The number of methoxy groups -OCH3 is 6. The zero-order valence-electron chi connectivity index (χ0n) is 27.2. The molecule has 11 heteroatoms. The molecule has 6 aliphatic rings. The molecule has 1 aliphatic heterocycles. The molecule has 1 heterocycles. The monoisotopic (exact) mass is 629 g/mol. The predicted molar refractivity (Wildman–Crippen MR) is 161 cm³/mol. The number of carbonyl (C=O) groups excluding carboxylic acids is 1. The highest BCUT2D eigenvalue weighted by atomic mass is 16.6. The molecule has 0 radical (unpaired) electrons. The topological polar surface area (TPSA) is 125 Å². The van der Waals surface area contributed by atoms with Crippen molar-refractivity contribution in [2.45, 2.75) is 61.9 Å². The first kappa shape index (κ1) is 31.4. The highest BCUT2D eigenvalue weighted by molar-refractivity contribution is 5.90. The average molecular weight is 630 g/mol. The Morgan fingerprint density at radius 1 is 1.02 bits per heavy atom. The Bertz CT molecular complexity index is 1370. The molecule has 0 amide bonds. The van der Waals surface area contributed by atoms with Crippen LogP contribution in [0, 0.1) is 34.5 Å². The highest BCUT2D eigenvalue weighted by Crippen LogP contribution is 2.78. The van der Waals surface area contributed by atoms with Gasteiger partial charge < -0.3 is 43.4 Å². The van der Waals surface area contributed by atoms with Crippen molar-refractivity contribution in [2.24, 2.45) is 34.5 Å². The fourth-order valence-corrected chi connectivity index (χ4v) is 11.6. The molecule has 0 aromatic heterocycles. The first-order chi connectivity index (χ1) is 21.7. The van der Waals surface area contributed by atoms with E-state index in [0.717, 1.165) is 12.1 Å². The van der Waals surface area contributed by atoms with Gasteiger partial charge in [-0.2, -0.15) is 0 Å². The fourth-order valence-electron chi connectivity index (χ4n) is 11.6. The number of nitrogens with zero attached hydrogens (tertiary/aromatic N) is 1. The van der Waals surface area contributed by atoms with Gasteiger partial charge in [-0.05, 0) is 37.1 Å². The molecule has 13 atom stereocenters. The lowest BCUT2D eigenvalue weighted by Crippen LogP contribution is -2.76. The summed E-state index contributed by atoms with van der Waals surface area (Å²) >= 11 is 0. The number of likely N-dealkylation sites (tertiary alicyclic amines) is 1. The number of fused-ring (bicyclic) bond motifs is 2. The lowest BCUT2D eigenvalue weighted by molar-refractivity contribution is -0.275. The van der Waals surface area contributed by atoms with Crippen molar-refractivity contribution in [3.05, 3.63) is 35.4 Å². The lowest BCUT2D eigenvalue weighted by Gasteiger charge is -2.68. The summed E-state index contributed by atoms with van der Waals surface area (Å²) in [4.78, 5) is 16.4. The maximum atomic E-state index is 13.9. The van der Waals surface area contributed by atoms with Crippen LogP contribution in [0.15, 0.2) is 29.8 Å². The molecule has 11 nitrogen and oxygen atoms in total. The molecule has 7 rings (SSSR count). The SMILES string of the molecule is CCN1C[C@]2(COC)[C@H](O)C[C@H](OC)[C@@]34[C@@H]5C[C@]6(O)[C@@H](OC)C=C([C@H]5[C@H]6OC(=O)c5ccc(OC)c(OC)c5)[C@@H]([C@H](OC)[C@H]23)[C@@H]14. The number of ether oxygens (including phenoxy) is 7. The van der Waals surface area contributed by atoms with Crippen molar-refractivity contribution in [3.8, 4) is 11.5 Å². The van der Waals surface area contributed by atoms with E-state index in [1.54, 1.807) is 46.6 Å². The molecule has 1 aromatic carbocycles. The van der Waals surface area contributed by atoms with Gasteiger partial charge in [-0.15, -0.1) is 0 Å². The van der Waals surface area contributed by atoms with Crippen molar-refractivity contribution < 1.29 is 48.2 Å². The van der Waals surface area contributed by atoms with Crippen LogP contribution in [0.2, 0.25) is 0 Å². The molecule has 7 bridgehead atoms. The Kier molecular flexibility index (Phi) is 7.60. The van der Waals surface area contributed by atoms with Gasteiger partial charge in [-0.25, -0.2) is 4.79 Å². The van der Waals surface area contributed by atoms with E-state index in [4.69, 9.17) is 33.2 Å². The summed E-state index contributed by atoms with van der Waals surface area (Å²) < 4.78 is 42.0. The molecule has 1 spiro atoms. The summed E-state index contributed by atoms with van der Waals surface area (Å²) in [6.07, 6.45) is 0.141. The molecule has 1 aromatic rings. The van der Waals surface area contributed by atoms with E-state index in [1.807, 2.05) is 0 Å². The zero-order chi connectivity index (χ0) is 32.1. The number of carbonyl (C=O) groups is 1. The third-order valence-electron chi connectivity index (χ3n) is 12.8. The van der Waals surface area contributed by atoms with Crippen molar-refractivity contribution in [3.63, 3.8) is 0 Å². The van der Waals surface area contributed by atoms with E-state index in [2.05, 4.69) is 17.9 Å². The summed E-state index contributed by atoms with van der Waals surface area (Å²) in [5, 5.41) is 24.6. The minimum Gasteiger partial charge on any atom is -0.493 e. The number of hydrogen-bond acceptors (Lipinski definition) is 11. The van der Waals surface area contributed by atoms with Gasteiger partial charge in [0, 0.05) is 76.0 Å². The van der Waals surface area contributed by atoms with Gasteiger partial charge in [0.25, 0.3) is 0 Å². The second-order valence-corrected chi connectivity index (χ2v) is 13.9. The maximum Gasteiger partial charge on any atom is 0.338 e. The Labute approximate surface area is 264 Å². The van der Waals surface area contributed by atoms with Gasteiger partial charge in [0.15, 0.2) is 11.5 Å². The van der Waals surface area contributed by atoms with Crippen molar-refractivity contribution >= 4 is 5.97 Å². The van der Waals surface area contributed by atoms with Crippen molar-refractivity contribution in [2.75, 3.05) is 62.4 Å². The molecule has 5 aliphatic carbocycles. The molecule has 2 N–H and O–H groups in total. The molecular formula is C34H47NO10. The number of piperidine rings is 1. The number of rotatable bonds is 10. The quantitative estimate of drug-likeness (QED) is 0.291. The Morgan fingerprint density at radius 2 is 1.78 bits per heavy atom. The van der Waals surface area contributed by atoms with Crippen molar-refractivity contribution in [1.29, 1.82) is 0 Å². The molecule has 248 valence electrons. The first-order valence-electron chi connectivity index (χ1n) is 16.0. The number of aliphatic hydroxyl groups is 2. The van der Waals surface area contributed by atoms with Crippen LogP contribution in [0.5, 0.6) is 11.5 Å². The number of hydrogen-bond donors (Lipinski definition) is 2. The van der Waals surface area contributed by atoms with Crippen LogP contribution in [0.25, 0.3) is 0 Å². The van der Waals surface area contributed by atoms with E-state index in [-0.39, 0.29) is 41.9 Å². The maximum absolute atomic E-state index is 13.9.